The molecular weight excluding hydrogens is 326 g/mol. The molecule has 0 aliphatic rings. The second-order valence-corrected chi connectivity index (χ2v) is 5.46. The minimum atomic E-state index is -0.716. The molecule has 0 spiro atoms. The molecule has 1 aromatic rings. The largest absolute Gasteiger partial charge is 0.466 e. The molecule has 0 saturated heterocycles. The van der Waals surface area contributed by atoms with Gasteiger partial charge in [-0.3, -0.25) is 4.79 Å². The Hall–Kier alpha value is -2.87. The SMILES string of the molecule is COC(=O)/C=C(/Nc1cccc(NC(=O)CN(C)C)c1C)C(=O)OC. The molecule has 1 amide bonds. The molecule has 0 bridgehead atoms. The Morgan fingerprint density at radius 2 is 1.68 bits per heavy atom. The van der Waals surface area contributed by atoms with E-state index in [1.807, 2.05) is 0 Å². The molecule has 0 heterocycles. The fourth-order valence-corrected chi connectivity index (χ4v) is 1.96. The van der Waals surface area contributed by atoms with Gasteiger partial charge < -0.3 is 25.0 Å². The number of nitrogens with zero attached hydrogens (tertiary/aromatic N) is 1. The van der Waals surface area contributed by atoms with Gasteiger partial charge in [0.15, 0.2) is 0 Å². The van der Waals surface area contributed by atoms with E-state index in [0.717, 1.165) is 6.08 Å². The smallest absolute Gasteiger partial charge is 0.354 e. The third-order valence-corrected chi connectivity index (χ3v) is 3.21. The average Bonchev–Trinajstić information content (AvgIpc) is 2.55. The number of rotatable bonds is 7. The number of amides is 1. The van der Waals surface area contributed by atoms with E-state index >= 15 is 0 Å². The van der Waals surface area contributed by atoms with E-state index in [9.17, 15) is 14.4 Å². The lowest BCUT2D eigenvalue weighted by atomic mass is 10.1. The van der Waals surface area contributed by atoms with Crippen LogP contribution in [0, 0.1) is 6.92 Å². The van der Waals surface area contributed by atoms with Crippen molar-refractivity contribution in [3.63, 3.8) is 0 Å². The second-order valence-electron chi connectivity index (χ2n) is 5.46. The summed E-state index contributed by atoms with van der Waals surface area (Å²) in [6.45, 7) is 2.02. The zero-order chi connectivity index (χ0) is 19.0. The number of likely N-dealkylation sites (N-methyl/N-ethyl adjacent to an activating group) is 1. The van der Waals surface area contributed by atoms with Crippen LogP contribution in [0.1, 0.15) is 5.56 Å². The van der Waals surface area contributed by atoms with Crippen LogP contribution < -0.4 is 10.6 Å². The van der Waals surface area contributed by atoms with Crippen LogP contribution >= 0.6 is 0 Å². The first-order valence-electron chi connectivity index (χ1n) is 7.47. The summed E-state index contributed by atoms with van der Waals surface area (Å²) in [6.07, 6.45) is 1.00. The van der Waals surface area contributed by atoms with Crippen molar-refractivity contribution in [2.24, 2.45) is 0 Å². The minimum absolute atomic E-state index is 0.0748. The third kappa shape index (κ3) is 6.27. The summed E-state index contributed by atoms with van der Waals surface area (Å²) in [5.74, 6) is -1.57. The van der Waals surface area contributed by atoms with Gasteiger partial charge in [0.25, 0.3) is 0 Å². The van der Waals surface area contributed by atoms with Gasteiger partial charge in [0, 0.05) is 11.4 Å². The van der Waals surface area contributed by atoms with E-state index in [4.69, 9.17) is 0 Å². The van der Waals surface area contributed by atoms with E-state index in [1.165, 1.54) is 14.2 Å². The molecule has 8 heteroatoms. The highest BCUT2D eigenvalue weighted by Crippen LogP contribution is 2.24. The van der Waals surface area contributed by atoms with E-state index in [0.29, 0.717) is 16.9 Å². The number of benzene rings is 1. The number of methoxy groups -OCH3 is 2. The van der Waals surface area contributed by atoms with E-state index in [1.54, 1.807) is 44.1 Å². The number of hydrogen-bond donors (Lipinski definition) is 2. The molecule has 0 aromatic heterocycles. The van der Waals surface area contributed by atoms with Crippen molar-refractivity contribution < 1.29 is 23.9 Å². The maximum absolute atomic E-state index is 11.9. The van der Waals surface area contributed by atoms with Crippen LogP contribution in [0.3, 0.4) is 0 Å². The maximum atomic E-state index is 11.9. The first kappa shape index (κ1) is 20.2. The van der Waals surface area contributed by atoms with Gasteiger partial charge >= 0.3 is 11.9 Å². The van der Waals surface area contributed by atoms with Crippen LogP contribution in [0.4, 0.5) is 11.4 Å². The Balaban J connectivity index is 3.06. The summed E-state index contributed by atoms with van der Waals surface area (Å²) in [5.41, 5.74) is 1.77. The number of esters is 2. The Labute approximate surface area is 146 Å². The first-order chi connectivity index (χ1) is 11.8. The van der Waals surface area contributed by atoms with Crippen LogP contribution in [-0.4, -0.2) is 57.6 Å². The molecule has 1 aromatic carbocycles. The van der Waals surface area contributed by atoms with Gasteiger partial charge in [-0.25, -0.2) is 9.59 Å². The molecule has 136 valence electrons. The van der Waals surface area contributed by atoms with E-state index < -0.39 is 11.9 Å². The van der Waals surface area contributed by atoms with Gasteiger partial charge in [0.1, 0.15) is 5.70 Å². The molecule has 0 unspecified atom stereocenters. The quantitative estimate of drug-likeness (QED) is 0.563. The van der Waals surface area contributed by atoms with Crippen molar-refractivity contribution in [1.82, 2.24) is 4.90 Å². The van der Waals surface area contributed by atoms with Crippen molar-refractivity contribution in [3.05, 3.63) is 35.5 Å². The monoisotopic (exact) mass is 349 g/mol. The van der Waals surface area contributed by atoms with Gasteiger partial charge in [-0.2, -0.15) is 0 Å². The lowest BCUT2D eigenvalue weighted by molar-refractivity contribution is -0.138. The van der Waals surface area contributed by atoms with Crippen LogP contribution in [0.15, 0.2) is 30.0 Å². The highest BCUT2D eigenvalue weighted by atomic mass is 16.5. The summed E-state index contributed by atoms with van der Waals surface area (Å²) in [7, 11) is 6.01. The molecular formula is C17H23N3O5. The summed E-state index contributed by atoms with van der Waals surface area (Å²) in [6, 6.07) is 5.18. The van der Waals surface area contributed by atoms with Gasteiger partial charge in [-0.1, -0.05) is 6.07 Å². The molecule has 2 N–H and O–H groups in total. The van der Waals surface area contributed by atoms with Crippen molar-refractivity contribution in [3.8, 4) is 0 Å². The van der Waals surface area contributed by atoms with Crippen LogP contribution in [0.2, 0.25) is 0 Å². The Morgan fingerprint density at radius 1 is 1.08 bits per heavy atom. The minimum Gasteiger partial charge on any atom is -0.466 e. The van der Waals surface area contributed by atoms with Crippen molar-refractivity contribution in [1.29, 1.82) is 0 Å². The van der Waals surface area contributed by atoms with Gasteiger partial charge in [0.05, 0.1) is 26.8 Å². The topological polar surface area (TPSA) is 97.0 Å². The number of carbonyl (C=O) groups excluding carboxylic acids is 3. The van der Waals surface area contributed by atoms with E-state index in [2.05, 4.69) is 20.1 Å². The van der Waals surface area contributed by atoms with Crippen LogP contribution in [0.5, 0.6) is 0 Å². The zero-order valence-electron chi connectivity index (χ0n) is 15.0. The predicted molar refractivity (Wildman–Crippen MR) is 94.1 cm³/mol. The standard InChI is InChI=1S/C17H23N3O5/c1-11-12(18-14(17(23)25-5)9-16(22)24-4)7-6-8-13(11)19-15(21)10-20(2)3/h6-9,18H,10H2,1-5H3,(H,19,21)/b14-9+. The zero-order valence-corrected chi connectivity index (χ0v) is 15.0. The Morgan fingerprint density at radius 3 is 2.20 bits per heavy atom. The Kier molecular flexibility index (Phi) is 7.61. The van der Waals surface area contributed by atoms with Crippen molar-refractivity contribution in [2.75, 3.05) is 45.5 Å². The molecule has 0 radical (unpaired) electrons. The van der Waals surface area contributed by atoms with E-state index in [-0.39, 0.29) is 18.1 Å². The van der Waals surface area contributed by atoms with Gasteiger partial charge in [-0.15, -0.1) is 0 Å². The summed E-state index contributed by atoms with van der Waals surface area (Å²) < 4.78 is 9.19. The second kappa shape index (κ2) is 9.43. The number of nitrogens with one attached hydrogen (secondary N) is 2. The highest BCUT2D eigenvalue weighted by molar-refractivity contribution is 5.99. The van der Waals surface area contributed by atoms with Crippen LogP contribution in [-0.2, 0) is 23.9 Å². The Bertz CT molecular complexity index is 683. The lowest BCUT2D eigenvalue weighted by Crippen LogP contribution is -2.27. The molecule has 8 nitrogen and oxygen atoms in total. The number of hydrogen-bond acceptors (Lipinski definition) is 7. The van der Waals surface area contributed by atoms with Crippen LogP contribution in [0.25, 0.3) is 0 Å². The molecule has 25 heavy (non-hydrogen) atoms. The maximum Gasteiger partial charge on any atom is 0.354 e. The fraction of sp³-hybridized carbons (Fsp3) is 0.353. The predicted octanol–water partition coefficient (Wildman–Crippen LogP) is 1.14. The van der Waals surface area contributed by atoms with Crippen molar-refractivity contribution >= 4 is 29.2 Å². The van der Waals surface area contributed by atoms with Crippen molar-refractivity contribution in [2.45, 2.75) is 6.92 Å². The summed E-state index contributed by atoms with van der Waals surface area (Å²) in [5, 5.41) is 5.64. The third-order valence-electron chi connectivity index (χ3n) is 3.21. The number of anilines is 2. The average molecular weight is 349 g/mol. The summed E-state index contributed by atoms with van der Waals surface area (Å²) in [4.78, 5) is 36.9. The number of ether oxygens (including phenoxy) is 2. The number of carbonyl (C=O) groups is 3. The lowest BCUT2D eigenvalue weighted by Gasteiger charge is -2.16. The van der Waals surface area contributed by atoms with Gasteiger partial charge in [0.2, 0.25) is 5.91 Å². The molecule has 0 fully saturated rings. The van der Waals surface area contributed by atoms with Gasteiger partial charge in [-0.05, 0) is 38.7 Å². The molecule has 1 rings (SSSR count). The first-order valence-corrected chi connectivity index (χ1v) is 7.47. The fourth-order valence-electron chi connectivity index (χ4n) is 1.96. The highest BCUT2D eigenvalue weighted by Gasteiger charge is 2.15. The normalized spacial score (nSPS) is 11.0. The molecule has 0 saturated carbocycles. The summed E-state index contributed by atoms with van der Waals surface area (Å²) >= 11 is 0. The molecule has 0 atom stereocenters. The molecule has 0 aliphatic carbocycles. The molecule has 0 aliphatic heterocycles.